The van der Waals surface area contributed by atoms with Crippen molar-refractivity contribution in [3.8, 4) is 0 Å². The lowest BCUT2D eigenvalue weighted by atomic mass is 10.0. The molecule has 2 nitrogen and oxygen atoms in total. The largest absolute Gasteiger partial charge is 0.325 e. The molecule has 1 aromatic carbocycles. The Bertz CT molecular complexity index is 621. The topological polar surface area (TPSA) is 17.8 Å². The minimum atomic E-state index is 0.539. The average Bonchev–Trinajstić information content (AvgIpc) is 2.69. The number of fused-ring (bicyclic) bond motifs is 1. The molecule has 2 atom stereocenters. The minimum Gasteiger partial charge on any atom is -0.325 e. The van der Waals surface area contributed by atoms with Crippen LogP contribution in [0.4, 0.5) is 0 Å². The Balaban J connectivity index is 2.06. The lowest BCUT2D eigenvalue weighted by molar-refractivity contribution is 0.431. The summed E-state index contributed by atoms with van der Waals surface area (Å²) in [6.45, 7) is 2.37. The molecule has 0 aliphatic heterocycles. The van der Waals surface area contributed by atoms with E-state index in [1.165, 1.54) is 37.6 Å². The fourth-order valence-corrected chi connectivity index (χ4v) is 3.91. The lowest BCUT2D eigenvalue weighted by Crippen LogP contribution is -2.12. The summed E-state index contributed by atoms with van der Waals surface area (Å²) in [5.41, 5.74) is 2.10. The second-order valence-corrected chi connectivity index (χ2v) is 7.00. The molecule has 0 amide bonds. The predicted octanol–water partition coefficient (Wildman–Crippen LogP) is 5.61. The van der Waals surface area contributed by atoms with Crippen molar-refractivity contribution >= 4 is 34.2 Å². The van der Waals surface area contributed by atoms with Crippen molar-refractivity contribution < 1.29 is 0 Å². The van der Waals surface area contributed by atoms with Crippen molar-refractivity contribution in [2.75, 3.05) is 5.88 Å². The van der Waals surface area contributed by atoms with Crippen molar-refractivity contribution in [2.24, 2.45) is 5.92 Å². The molecule has 4 heteroatoms. The molecule has 1 aliphatic carbocycles. The molecular formula is C17H22Cl2N2. The molecule has 0 spiro atoms. The molecule has 21 heavy (non-hydrogen) atoms. The summed E-state index contributed by atoms with van der Waals surface area (Å²) in [5, 5.41) is 0.740. The summed E-state index contributed by atoms with van der Waals surface area (Å²) < 4.78 is 2.42. The number of aromatic nitrogens is 2. The predicted molar refractivity (Wildman–Crippen MR) is 90.5 cm³/mol. The first-order valence-electron chi connectivity index (χ1n) is 7.92. The van der Waals surface area contributed by atoms with E-state index in [0.29, 0.717) is 11.9 Å². The van der Waals surface area contributed by atoms with Gasteiger partial charge in [0, 0.05) is 18.3 Å². The average molecular weight is 325 g/mol. The summed E-state index contributed by atoms with van der Waals surface area (Å²) in [6, 6.07) is 6.62. The van der Waals surface area contributed by atoms with E-state index in [0.717, 1.165) is 28.7 Å². The molecule has 1 saturated carbocycles. The van der Waals surface area contributed by atoms with E-state index < -0.39 is 0 Å². The van der Waals surface area contributed by atoms with Crippen molar-refractivity contribution in [3.63, 3.8) is 0 Å². The third-order valence-electron chi connectivity index (χ3n) is 4.65. The van der Waals surface area contributed by atoms with Gasteiger partial charge in [0.05, 0.1) is 10.5 Å². The van der Waals surface area contributed by atoms with Gasteiger partial charge in [0.25, 0.3) is 0 Å². The molecule has 0 bridgehead atoms. The van der Waals surface area contributed by atoms with Crippen LogP contribution in [-0.2, 0) is 6.42 Å². The van der Waals surface area contributed by atoms with Crippen LogP contribution in [0.5, 0.6) is 0 Å². The van der Waals surface area contributed by atoms with E-state index in [9.17, 15) is 0 Å². The van der Waals surface area contributed by atoms with Gasteiger partial charge in [-0.15, -0.1) is 11.6 Å². The van der Waals surface area contributed by atoms with E-state index in [1.54, 1.807) is 0 Å². The quantitative estimate of drug-likeness (QED) is 0.529. The van der Waals surface area contributed by atoms with Gasteiger partial charge >= 0.3 is 0 Å². The van der Waals surface area contributed by atoms with Gasteiger partial charge in [-0.3, -0.25) is 0 Å². The maximum atomic E-state index is 6.33. The molecule has 1 aliphatic rings. The van der Waals surface area contributed by atoms with Crippen LogP contribution in [0.15, 0.2) is 18.2 Å². The highest BCUT2D eigenvalue weighted by molar-refractivity contribution is 6.34. The third-order valence-corrected chi connectivity index (χ3v) is 5.15. The van der Waals surface area contributed by atoms with Crippen LogP contribution < -0.4 is 0 Å². The molecule has 1 aromatic heterocycles. The van der Waals surface area contributed by atoms with E-state index in [1.807, 2.05) is 12.1 Å². The van der Waals surface area contributed by atoms with Crippen LogP contribution in [0.3, 0.4) is 0 Å². The summed E-state index contributed by atoms with van der Waals surface area (Å²) in [4.78, 5) is 4.77. The van der Waals surface area contributed by atoms with Crippen LogP contribution in [0.1, 0.15) is 50.9 Å². The summed E-state index contributed by atoms with van der Waals surface area (Å²) >= 11 is 12.3. The Kier molecular flexibility index (Phi) is 4.75. The Labute approximate surface area is 136 Å². The van der Waals surface area contributed by atoms with Gasteiger partial charge in [-0.25, -0.2) is 4.98 Å². The van der Waals surface area contributed by atoms with Gasteiger partial charge in [-0.2, -0.15) is 0 Å². The normalized spacial score (nSPS) is 23.4. The number of imidazole rings is 1. The van der Waals surface area contributed by atoms with Gasteiger partial charge < -0.3 is 4.57 Å². The second kappa shape index (κ2) is 6.58. The number of hydrogen-bond acceptors (Lipinski definition) is 1. The van der Waals surface area contributed by atoms with Crippen molar-refractivity contribution in [1.82, 2.24) is 9.55 Å². The van der Waals surface area contributed by atoms with Gasteiger partial charge in [0.1, 0.15) is 11.3 Å². The zero-order valence-electron chi connectivity index (χ0n) is 12.5. The molecule has 0 saturated heterocycles. The maximum Gasteiger partial charge on any atom is 0.111 e. The molecule has 114 valence electrons. The molecular weight excluding hydrogens is 303 g/mol. The molecule has 1 heterocycles. The Morgan fingerprint density at radius 3 is 2.90 bits per heavy atom. The highest BCUT2D eigenvalue weighted by Gasteiger charge is 2.22. The zero-order chi connectivity index (χ0) is 14.8. The highest BCUT2D eigenvalue weighted by Crippen LogP contribution is 2.35. The summed E-state index contributed by atoms with van der Waals surface area (Å²) in [6.07, 6.45) is 7.21. The van der Waals surface area contributed by atoms with Gasteiger partial charge in [-0.05, 0) is 37.3 Å². The van der Waals surface area contributed by atoms with E-state index in [-0.39, 0.29) is 0 Å². The first kappa shape index (κ1) is 15.2. The number of benzene rings is 1. The zero-order valence-corrected chi connectivity index (χ0v) is 14.0. The van der Waals surface area contributed by atoms with Crippen LogP contribution in [-0.4, -0.2) is 15.4 Å². The number of hydrogen-bond donors (Lipinski definition) is 0. The number of halogens is 2. The Morgan fingerprint density at radius 1 is 1.24 bits per heavy atom. The van der Waals surface area contributed by atoms with Crippen LogP contribution in [0.25, 0.3) is 11.0 Å². The number of para-hydroxylation sites is 1. The highest BCUT2D eigenvalue weighted by atomic mass is 35.5. The number of nitrogens with zero attached hydrogens (tertiary/aromatic N) is 2. The van der Waals surface area contributed by atoms with E-state index >= 15 is 0 Å². The Hall–Kier alpha value is -0.730. The van der Waals surface area contributed by atoms with Crippen molar-refractivity contribution in [1.29, 1.82) is 0 Å². The number of rotatable bonds is 3. The SMILES string of the molecule is CC1CCCC(n2c(CCCl)nc3c(Cl)cccc32)CC1. The molecule has 3 rings (SSSR count). The molecule has 2 unspecified atom stereocenters. The Morgan fingerprint density at radius 2 is 2.10 bits per heavy atom. The van der Waals surface area contributed by atoms with E-state index in [2.05, 4.69) is 17.6 Å². The van der Waals surface area contributed by atoms with Gasteiger partial charge in [-0.1, -0.05) is 37.4 Å². The molecule has 2 aromatic rings. The van der Waals surface area contributed by atoms with Crippen LogP contribution >= 0.6 is 23.2 Å². The van der Waals surface area contributed by atoms with Crippen molar-refractivity contribution in [3.05, 3.63) is 29.0 Å². The fraction of sp³-hybridized carbons (Fsp3) is 0.588. The number of alkyl halides is 1. The first-order valence-corrected chi connectivity index (χ1v) is 8.83. The monoisotopic (exact) mass is 324 g/mol. The molecule has 1 fully saturated rings. The maximum absolute atomic E-state index is 6.33. The first-order chi connectivity index (χ1) is 10.2. The van der Waals surface area contributed by atoms with E-state index in [4.69, 9.17) is 28.2 Å². The third kappa shape index (κ3) is 3.07. The van der Waals surface area contributed by atoms with Gasteiger partial charge in [0.15, 0.2) is 0 Å². The number of aryl methyl sites for hydroxylation is 1. The van der Waals surface area contributed by atoms with Crippen LogP contribution in [0, 0.1) is 5.92 Å². The van der Waals surface area contributed by atoms with Crippen LogP contribution in [0.2, 0.25) is 5.02 Å². The second-order valence-electron chi connectivity index (χ2n) is 6.21. The minimum absolute atomic E-state index is 0.539. The van der Waals surface area contributed by atoms with Gasteiger partial charge in [0.2, 0.25) is 0 Å². The summed E-state index contributed by atoms with van der Waals surface area (Å²) in [5.74, 6) is 2.53. The standard InChI is InChI=1S/C17H22Cl2N2/c1-12-4-2-5-13(9-8-12)21-15-7-3-6-14(19)17(15)20-16(21)10-11-18/h3,6-7,12-13H,2,4-5,8-11H2,1H3. The lowest BCUT2D eigenvalue weighted by Gasteiger charge is -2.20. The van der Waals surface area contributed by atoms with Crippen molar-refractivity contribution in [2.45, 2.75) is 51.5 Å². The fourth-order valence-electron chi connectivity index (χ4n) is 3.53. The smallest absolute Gasteiger partial charge is 0.111 e. The molecule has 0 radical (unpaired) electrons. The summed E-state index contributed by atoms with van der Waals surface area (Å²) in [7, 11) is 0. The molecule has 0 N–H and O–H groups in total.